The van der Waals surface area contributed by atoms with Gasteiger partial charge in [0, 0.05) is 28.8 Å². The highest BCUT2D eigenvalue weighted by Gasteiger charge is 2.17. The Balaban J connectivity index is 1.75. The molecule has 0 saturated carbocycles. The molecule has 9 heteroatoms. The van der Waals surface area contributed by atoms with Crippen LogP contribution in [0, 0.1) is 17.0 Å². The third kappa shape index (κ3) is 4.52. The second-order valence-corrected chi connectivity index (χ2v) is 6.48. The summed E-state index contributed by atoms with van der Waals surface area (Å²) >= 11 is 0. The minimum Gasteiger partial charge on any atom is -0.494 e. The summed E-state index contributed by atoms with van der Waals surface area (Å²) < 4.78 is 5.44. The number of non-ortho nitro benzene ring substituents is 1. The van der Waals surface area contributed by atoms with Crippen molar-refractivity contribution >= 4 is 17.3 Å². The van der Waals surface area contributed by atoms with E-state index in [4.69, 9.17) is 4.74 Å². The van der Waals surface area contributed by atoms with Gasteiger partial charge in [0.25, 0.3) is 11.6 Å². The molecule has 0 aliphatic rings. The highest BCUT2D eigenvalue weighted by molar-refractivity contribution is 6.01. The Bertz CT molecular complexity index is 1100. The van der Waals surface area contributed by atoms with Crippen LogP contribution >= 0.6 is 0 Å². The predicted molar refractivity (Wildman–Crippen MR) is 113 cm³/mol. The molecule has 0 saturated heterocycles. The topological polar surface area (TPSA) is 123 Å². The molecule has 154 valence electrons. The van der Waals surface area contributed by atoms with E-state index in [-0.39, 0.29) is 11.4 Å². The molecule has 0 aliphatic carbocycles. The molecule has 0 atom stereocenters. The lowest BCUT2D eigenvalue weighted by atomic mass is 10.1. The van der Waals surface area contributed by atoms with Gasteiger partial charge in [-0.25, -0.2) is 5.43 Å². The van der Waals surface area contributed by atoms with Gasteiger partial charge >= 0.3 is 0 Å². The zero-order chi connectivity index (χ0) is 21.7. The van der Waals surface area contributed by atoms with Crippen molar-refractivity contribution in [3.63, 3.8) is 0 Å². The highest BCUT2D eigenvalue weighted by Crippen LogP contribution is 2.25. The van der Waals surface area contributed by atoms with Crippen LogP contribution in [-0.2, 0) is 0 Å². The lowest BCUT2D eigenvalue weighted by Crippen LogP contribution is -2.20. The number of aromatic nitrogens is 2. The van der Waals surface area contributed by atoms with Crippen LogP contribution in [0.1, 0.15) is 35.5 Å². The first-order valence-corrected chi connectivity index (χ1v) is 9.28. The minimum absolute atomic E-state index is 0.0437. The minimum atomic E-state index is -0.480. The summed E-state index contributed by atoms with van der Waals surface area (Å²) in [5.74, 6) is 0.306. The van der Waals surface area contributed by atoms with Gasteiger partial charge in [0.15, 0.2) is 0 Å². The van der Waals surface area contributed by atoms with E-state index in [1.54, 1.807) is 26.0 Å². The summed E-state index contributed by atoms with van der Waals surface area (Å²) in [5, 5.41) is 22.0. The maximum Gasteiger partial charge on any atom is 0.289 e. The summed E-state index contributed by atoms with van der Waals surface area (Å²) in [5.41, 5.74) is 5.88. The van der Waals surface area contributed by atoms with Crippen molar-refractivity contribution in [2.75, 3.05) is 6.61 Å². The number of rotatable bonds is 7. The number of nitro groups is 1. The van der Waals surface area contributed by atoms with E-state index in [1.807, 2.05) is 31.2 Å². The van der Waals surface area contributed by atoms with Gasteiger partial charge in [-0.15, -0.1) is 0 Å². The third-order valence-electron chi connectivity index (χ3n) is 4.48. The quantitative estimate of drug-likeness (QED) is 0.350. The number of H-pyrrole nitrogens is 1. The molecule has 30 heavy (non-hydrogen) atoms. The second kappa shape index (κ2) is 8.99. The normalized spacial score (nSPS) is 11.2. The van der Waals surface area contributed by atoms with Crippen LogP contribution in [0.15, 0.2) is 53.6 Å². The smallest absolute Gasteiger partial charge is 0.289 e. The summed E-state index contributed by atoms with van der Waals surface area (Å²) in [6, 6.07) is 13.5. The van der Waals surface area contributed by atoms with Crippen LogP contribution in [0.25, 0.3) is 11.3 Å². The van der Waals surface area contributed by atoms with Crippen LogP contribution in [0.4, 0.5) is 5.69 Å². The van der Waals surface area contributed by atoms with Gasteiger partial charge in [0.2, 0.25) is 0 Å². The summed E-state index contributed by atoms with van der Waals surface area (Å²) in [7, 11) is 0. The number of benzene rings is 2. The SMILES string of the molecule is CCOc1ccc(-c2n[nH]c(C(=O)N/N=C(/C)c3cccc([N+](=O)[O-])c3)c2C)cc1. The number of hydrazone groups is 1. The van der Waals surface area contributed by atoms with Gasteiger partial charge in [-0.3, -0.25) is 20.0 Å². The molecule has 0 unspecified atom stereocenters. The number of nitrogens with one attached hydrogen (secondary N) is 2. The molecule has 3 rings (SSSR count). The average molecular weight is 407 g/mol. The first kappa shape index (κ1) is 20.7. The number of aromatic amines is 1. The first-order chi connectivity index (χ1) is 14.4. The van der Waals surface area contributed by atoms with Crippen molar-refractivity contribution in [2.24, 2.45) is 5.10 Å². The van der Waals surface area contributed by atoms with Crippen LogP contribution in [0.5, 0.6) is 5.75 Å². The van der Waals surface area contributed by atoms with Gasteiger partial charge < -0.3 is 4.74 Å². The van der Waals surface area contributed by atoms with Gasteiger partial charge in [0.1, 0.15) is 11.4 Å². The Labute approximate surface area is 172 Å². The second-order valence-electron chi connectivity index (χ2n) is 6.48. The molecule has 1 heterocycles. The van der Waals surface area contributed by atoms with E-state index in [0.29, 0.717) is 29.1 Å². The van der Waals surface area contributed by atoms with Crippen LogP contribution in [0.2, 0.25) is 0 Å². The standard InChI is InChI=1S/C21H21N5O4/c1-4-30-18-10-8-15(9-11-18)19-13(2)20(24-23-19)21(27)25-22-14(3)16-6-5-7-17(12-16)26(28)29/h5-12H,4H2,1-3H3,(H,23,24)(H,25,27)/b22-14-. The molecular weight excluding hydrogens is 386 g/mol. The maximum atomic E-state index is 12.5. The van der Waals surface area contributed by atoms with Crippen molar-refractivity contribution < 1.29 is 14.5 Å². The van der Waals surface area contributed by atoms with Crippen molar-refractivity contribution in [2.45, 2.75) is 20.8 Å². The van der Waals surface area contributed by atoms with Crippen molar-refractivity contribution in [3.8, 4) is 17.0 Å². The maximum absolute atomic E-state index is 12.5. The fraction of sp³-hybridized carbons (Fsp3) is 0.190. The number of hydrogen-bond donors (Lipinski definition) is 2. The number of carbonyl (C=O) groups excluding carboxylic acids is 1. The Morgan fingerprint density at radius 3 is 2.67 bits per heavy atom. The molecule has 2 aromatic carbocycles. The van der Waals surface area contributed by atoms with Gasteiger partial charge in [-0.2, -0.15) is 10.2 Å². The summed E-state index contributed by atoms with van der Waals surface area (Å²) in [6.45, 7) is 5.95. The van der Waals surface area contributed by atoms with Crippen molar-refractivity contribution in [3.05, 3.63) is 75.5 Å². The summed E-state index contributed by atoms with van der Waals surface area (Å²) in [6.07, 6.45) is 0. The monoisotopic (exact) mass is 407 g/mol. The molecule has 0 radical (unpaired) electrons. The van der Waals surface area contributed by atoms with E-state index in [1.165, 1.54) is 12.1 Å². The fourth-order valence-corrected chi connectivity index (χ4v) is 2.88. The molecule has 9 nitrogen and oxygen atoms in total. The van der Waals surface area contributed by atoms with E-state index in [2.05, 4.69) is 20.7 Å². The fourth-order valence-electron chi connectivity index (χ4n) is 2.88. The van der Waals surface area contributed by atoms with E-state index < -0.39 is 10.8 Å². The van der Waals surface area contributed by atoms with E-state index in [0.717, 1.165) is 11.3 Å². The molecule has 0 bridgehead atoms. The molecular formula is C21H21N5O4. The molecule has 0 fully saturated rings. The number of ether oxygens (including phenoxy) is 1. The highest BCUT2D eigenvalue weighted by atomic mass is 16.6. The predicted octanol–water partition coefficient (Wildman–Crippen LogP) is 3.85. The lowest BCUT2D eigenvalue weighted by molar-refractivity contribution is -0.384. The molecule has 0 spiro atoms. The lowest BCUT2D eigenvalue weighted by Gasteiger charge is -2.04. The number of nitrogens with zero attached hydrogens (tertiary/aromatic N) is 3. The average Bonchev–Trinajstić information content (AvgIpc) is 3.14. The van der Waals surface area contributed by atoms with Crippen molar-refractivity contribution in [1.82, 2.24) is 15.6 Å². The number of hydrogen-bond acceptors (Lipinski definition) is 6. The Morgan fingerprint density at radius 1 is 1.27 bits per heavy atom. The Kier molecular flexibility index (Phi) is 6.21. The number of carbonyl (C=O) groups is 1. The van der Waals surface area contributed by atoms with Gasteiger partial charge in [0.05, 0.1) is 22.9 Å². The van der Waals surface area contributed by atoms with Crippen LogP contribution < -0.4 is 10.2 Å². The number of amides is 1. The van der Waals surface area contributed by atoms with Crippen LogP contribution in [-0.4, -0.2) is 33.3 Å². The zero-order valence-electron chi connectivity index (χ0n) is 16.8. The molecule has 2 N–H and O–H groups in total. The number of nitro benzene ring substituents is 1. The first-order valence-electron chi connectivity index (χ1n) is 9.28. The molecule has 1 aromatic heterocycles. The van der Waals surface area contributed by atoms with E-state index in [9.17, 15) is 14.9 Å². The summed E-state index contributed by atoms with van der Waals surface area (Å²) in [4.78, 5) is 23.0. The molecule has 1 amide bonds. The van der Waals surface area contributed by atoms with Crippen LogP contribution in [0.3, 0.4) is 0 Å². The Hall–Kier alpha value is -4.01. The largest absolute Gasteiger partial charge is 0.494 e. The van der Waals surface area contributed by atoms with Crippen molar-refractivity contribution in [1.29, 1.82) is 0 Å². The van der Waals surface area contributed by atoms with Gasteiger partial charge in [-0.1, -0.05) is 12.1 Å². The zero-order valence-corrected chi connectivity index (χ0v) is 16.8. The Morgan fingerprint density at radius 2 is 2.00 bits per heavy atom. The molecule has 0 aliphatic heterocycles. The van der Waals surface area contributed by atoms with Gasteiger partial charge in [-0.05, 0) is 45.0 Å². The molecule has 3 aromatic rings. The van der Waals surface area contributed by atoms with E-state index >= 15 is 0 Å². The third-order valence-corrected chi connectivity index (χ3v) is 4.48.